The van der Waals surface area contributed by atoms with E-state index in [1.54, 1.807) is 31.5 Å². The molecule has 1 aromatic heterocycles. The SMILES string of the molecule is COc1ccc(CCCc2nnc(SCC(=O)N/N=C\c3ccc(OCc4ccccc4C#N)cc3)o2)cc1C. The molecule has 4 aromatic rings. The van der Waals surface area contributed by atoms with Crippen molar-refractivity contribution in [3.05, 3.63) is 100 Å². The molecule has 0 atom stereocenters. The van der Waals surface area contributed by atoms with Crippen molar-refractivity contribution in [3.8, 4) is 17.6 Å². The van der Waals surface area contributed by atoms with Gasteiger partial charge in [0.15, 0.2) is 0 Å². The highest BCUT2D eigenvalue weighted by Crippen LogP contribution is 2.21. The largest absolute Gasteiger partial charge is 0.496 e. The van der Waals surface area contributed by atoms with Crippen LogP contribution in [0.5, 0.6) is 11.5 Å². The first kappa shape index (κ1) is 28.4. The summed E-state index contributed by atoms with van der Waals surface area (Å²) < 4.78 is 16.7. The van der Waals surface area contributed by atoms with Crippen molar-refractivity contribution in [2.75, 3.05) is 12.9 Å². The van der Waals surface area contributed by atoms with Gasteiger partial charge in [0.1, 0.15) is 18.1 Å². The Morgan fingerprint density at radius 2 is 1.95 bits per heavy atom. The second-order valence-electron chi connectivity index (χ2n) is 8.83. The van der Waals surface area contributed by atoms with Crippen molar-refractivity contribution in [3.63, 3.8) is 0 Å². The summed E-state index contributed by atoms with van der Waals surface area (Å²) in [6.07, 6.45) is 3.97. The standard InChI is InChI=1S/C30H29N5O4S/c1-21-16-22(12-15-27(21)37-2)6-5-9-29-34-35-30(39-29)40-20-28(36)33-32-18-23-10-13-26(14-11-23)38-19-25-8-4-3-7-24(25)17-31/h3-4,7-8,10-16,18H,5-6,9,19-20H2,1-2H3,(H,33,36)/b32-18-. The van der Waals surface area contributed by atoms with Gasteiger partial charge in [-0.05, 0) is 72.9 Å². The van der Waals surface area contributed by atoms with Crippen LogP contribution in [-0.2, 0) is 24.2 Å². The lowest BCUT2D eigenvalue weighted by molar-refractivity contribution is -0.118. The lowest BCUT2D eigenvalue weighted by atomic mass is 10.1. The molecule has 0 radical (unpaired) electrons. The summed E-state index contributed by atoms with van der Waals surface area (Å²) in [5, 5.41) is 21.6. The smallest absolute Gasteiger partial charge is 0.277 e. The van der Waals surface area contributed by atoms with E-state index in [4.69, 9.17) is 13.9 Å². The lowest BCUT2D eigenvalue weighted by Gasteiger charge is -2.07. The summed E-state index contributed by atoms with van der Waals surface area (Å²) in [5.41, 5.74) is 7.05. The van der Waals surface area contributed by atoms with Gasteiger partial charge in [-0.1, -0.05) is 42.1 Å². The van der Waals surface area contributed by atoms with Crippen LogP contribution in [0.25, 0.3) is 0 Å². The molecule has 4 rings (SSSR count). The number of aromatic nitrogens is 2. The number of amides is 1. The molecule has 0 unspecified atom stereocenters. The first-order chi connectivity index (χ1) is 19.5. The Hall–Kier alpha value is -4.62. The zero-order valence-electron chi connectivity index (χ0n) is 22.3. The number of hydrogen-bond donors (Lipinski definition) is 1. The number of nitrogens with zero attached hydrogens (tertiary/aromatic N) is 4. The van der Waals surface area contributed by atoms with Crippen LogP contribution in [0.3, 0.4) is 0 Å². The minimum Gasteiger partial charge on any atom is -0.496 e. The number of ether oxygens (including phenoxy) is 2. The van der Waals surface area contributed by atoms with Crippen molar-refractivity contribution in [2.24, 2.45) is 5.10 Å². The Morgan fingerprint density at radius 1 is 1.12 bits per heavy atom. The zero-order chi connectivity index (χ0) is 28.2. The normalized spacial score (nSPS) is 10.8. The van der Waals surface area contributed by atoms with Gasteiger partial charge in [0.2, 0.25) is 5.89 Å². The lowest BCUT2D eigenvalue weighted by Crippen LogP contribution is -2.19. The highest BCUT2D eigenvalue weighted by Gasteiger charge is 2.10. The molecular formula is C30H29N5O4S. The third kappa shape index (κ3) is 8.44. The van der Waals surface area contributed by atoms with Crippen molar-refractivity contribution in [1.82, 2.24) is 15.6 Å². The Labute approximate surface area is 237 Å². The molecular weight excluding hydrogens is 526 g/mol. The number of methoxy groups -OCH3 is 1. The molecule has 1 heterocycles. The number of nitriles is 1. The number of hydrazone groups is 1. The van der Waals surface area contributed by atoms with Crippen molar-refractivity contribution < 1.29 is 18.7 Å². The molecule has 0 saturated heterocycles. The van der Waals surface area contributed by atoms with Crippen LogP contribution in [0.1, 0.15) is 40.1 Å². The number of rotatable bonds is 13. The van der Waals surface area contributed by atoms with Gasteiger partial charge >= 0.3 is 0 Å². The molecule has 0 fully saturated rings. The van der Waals surface area contributed by atoms with Crippen LogP contribution in [0.2, 0.25) is 0 Å². The van der Waals surface area contributed by atoms with Crippen LogP contribution in [0.15, 0.2) is 81.5 Å². The summed E-state index contributed by atoms with van der Waals surface area (Å²) in [6, 6.07) is 22.9. The molecule has 0 spiro atoms. The van der Waals surface area contributed by atoms with E-state index in [0.29, 0.717) is 35.5 Å². The van der Waals surface area contributed by atoms with E-state index < -0.39 is 0 Å². The van der Waals surface area contributed by atoms with Gasteiger partial charge in [0.25, 0.3) is 11.1 Å². The molecule has 204 valence electrons. The van der Waals surface area contributed by atoms with Gasteiger partial charge in [0, 0.05) is 12.0 Å². The van der Waals surface area contributed by atoms with E-state index in [1.165, 1.54) is 5.56 Å². The van der Waals surface area contributed by atoms with Crippen LogP contribution < -0.4 is 14.9 Å². The number of nitrogens with one attached hydrogen (secondary N) is 1. The number of benzene rings is 3. The predicted molar refractivity (Wildman–Crippen MR) is 152 cm³/mol. The summed E-state index contributed by atoms with van der Waals surface area (Å²) in [7, 11) is 1.67. The van der Waals surface area contributed by atoms with E-state index in [0.717, 1.165) is 47.0 Å². The fourth-order valence-electron chi connectivity index (χ4n) is 3.84. The number of carbonyl (C=O) groups excluding carboxylic acids is 1. The van der Waals surface area contributed by atoms with E-state index >= 15 is 0 Å². The van der Waals surface area contributed by atoms with Crippen molar-refractivity contribution in [1.29, 1.82) is 5.26 Å². The molecule has 10 heteroatoms. The zero-order valence-corrected chi connectivity index (χ0v) is 23.1. The fourth-order valence-corrected chi connectivity index (χ4v) is 4.41. The monoisotopic (exact) mass is 555 g/mol. The first-order valence-electron chi connectivity index (χ1n) is 12.7. The van der Waals surface area contributed by atoms with Crippen molar-refractivity contribution >= 4 is 23.9 Å². The molecule has 0 aliphatic heterocycles. The quantitative estimate of drug-likeness (QED) is 0.135. The maximum absolute atomic E-state index is 12.2. The molecule has 0 aliphatic carbocycles. The predicted octanol–water partition coefficient (Wildman–Crippen LogP) is 5.26. The molecule has 40 heavy (non-hydrogen) atoms. The van der Waals surface area contributed by atoms with Gasteiger partial charge in [-0.2, -0.15) is 10.4 Å². The van der Waals surface area contributed by atoms with Crippen LogP contribution in [-0.4, -0.2) is 35.2 Å². The van der Waals surface area contributed by atoms with E-state index in [2.05, 4.69) is 38.9 Å². The maximum atomic E-state index is 12.2. The van der Waals surface area contributed by atoms with Crippen molar-refractivity contribution in [2.45, 2.75) is 38.0 Å². The summed E-state index contributed by atoms with van der Waals surface area (Å²) in [4.78, 5) is 12.2. The van der Waals surface area contributed by atoms with Gasteiger partial charge in [-0.25, -0.2) is 5.43 Å². The van der Waals surface area contributed by atoms with E-state index in [1.807, 2.05) is 43.3 Å². The highest BCUT2D eigenvalue weighted by atomic mass is 32.2. The number of hydrogen-bond acceptors (Lipinski definition) is 9. The number of aryl methyl sites for hydroxylation is 3. The maximum Gasteiger partial charge on any atom is 0.277 e. The van der Waals surface area contributed by atoms with E-state index in [-0.39, 0.29) is 11.7 Å². The third-order valence-corrected chi connectivity index (χ3v) is 6.72. The van der Waals surface area contributed by atoms with Gasteiger partial charge in [-0.3, -0.25) is 4.79 Å². The minimum absolute atomic E-state index is 0.0983. The fraction of sp³-hybridized carbons (Fsp3) is 0.233. The van der Waals surface area contributed by atoms with Crippen LogP contribution in [0.4, 0.5) is 0 Å². The Bertz CT molecular complexity index is 1490. The van der Waals surface area contributed by atoms with E-state index in [9.17, 15) is 10.1 Å². The summed E-state index contributed by atoms with van der Waals surface area (Å²) in [6.45, 7) is 2.33. The molecule has 0 aliphatic rings. The molecule has 3 aromatic carbocycles. The van der Waals surface area contributed by atoms with Gasteiger partial charge < -0.3 is 13.9 Å². The third-order valence-electron chi connectivity index (χ3n) is 5.91. The molecule has 1 amide bonds. The highest BCUT2D eigenvalue weighted by molar-refractivity contribution is 7.99. The Morgan fingerprint density at radius 3 is 2.73 bits per heavy atom. The van der Waals surface area contributed by atoms with Crippen LogP contribution in [0, 0.1) is 18.3 Å². The number of thioether (sulfide) groups is 1. The van der Waals surface area contributed by atoms with Gasteiger partial charge in [0.05, 0.1) is 30.7 Å². The Balaban J connectivity index is 1.15. The second kappa shape index (κ2) is 14.5. The molecule has 0 bridgehead atoms. The average Bonchev–Trinajstić information content (AvgIpc) is 3.43. The second-order valence-corrected chi connectivity index (χ2v) is 9.75. The Kier molecular flexibility index (Phi) is 10.3. The molecule has 1 N–H and O–H groups in total. The molecule has 9 nitrogen and oxygen atoms in total. The minimum atomic E-state index is -0.285. The summed E-state index contributed by atoms with van der Waals surface area (Å²) in [5.74, 6) is 1.91. The number of carbonyl (C=O) groups is 1. The first-order valence-corrected chi connectivity index (χ1v) is 13.6. The topological polar surface area (TPSA) is 123 Å². The van der Waals surface area contributed by atoms with Crippen LogP contribution >= 0.6 is 11.8 Å². The summed E-state index contributed by atoms with van der Waals surface area (Å²) >= 11 is 1.16. The molecule has 0 saturated carbocycles. The average molecular weight is 556 g/mol. The van der Waals surface area contributed by atoms with Gasteiger partial charge in [-0.15, -0.1) is 10.2 Å².